The zero-order valence-electron chi connectivity index (χ0n) is 10.4. The zero-order chi connectivity index (χ0) is 14.7. The number of nitrogens with zero attached hydrogens (tertiary/aromatic N) is 3. The van der Waals surface area contributed by atoms with Crippen LogP contribution in [-0.4, -0.2) is 21.6 Å². The minimum absolute atomic E-state index is 0.0974. The molecule has 0 bridgehead atoms. The predicted octanol–water partition coefficient (Wildman–Crippen LogP) is 2.22. The molecular weight excluding hydrogens is 274 g/mol. The molecule has 0 fully saturated rings. The first-order valence-corrected chi connectivity index (χ1v) is 5.64. The summed E-state index contributed by atoms with van der Waals surface area (Å²) >= 11 is 0. The molecule has 0 spiro atoms. The second-order valence-electron chi connectivity index (χ2n) is 3.92. The van der Waals surface area contributed by atoms with Gasteiger partial charge in [0.15, 0.2) is 23.1 Å². The zero-order valence-corrected chi connectivity index (χ0v) is 10.4. The van der Waals surface area contributed by atoms with Crippen LogP contribution in [0.5, 0.6) is 0 Å². The van der Waals surface area contributed by atoms with Gasteiger partial charge in [-0.15, -0.1) is 0 Å². The van der Waals surface area contributed by atoms with Crippen molar-refractivity contribution in [3.63, 3.8) is 0 Å². The second kappa shape index (κ2) is 5.59. The topological polar surface area (TPSA) is 94.1 Å². The summed E-state index contributed by atoms with van der Waals surface area (Å²) in [5.74, 6) is -1.70. The Morgan fingerprint density at radius 3 is 2.80 bits per heavy atom. The summed E-state index contributed by atoms with van der Waals surface area (Å²) in [7, 11) is 0. The summed E-state index contributed by atoms with van der Waals surface area (Å²) in [5, 5.41) is 16.9. The van der Waals surface area contributed by atoms with E-state index < -0.39 is 27.9 Å². The number of benzene rings is 1. The van der Waals surface area contributed by atoms with Crippen LogP contribution < -0.4 is 5.32 Å². The van der Waals surface area contributed by atoms with Crippen LogP contribution in [0.3, 0.4) is 0 Å². The Hall–Kier alpha value is -2.58. The van der Waals surface area contributed by atoms with E-state index in [1.54, 1.807) is 6.92 Å². The Bertz CT molecular complexity index is 645. The molecule has 0 aliphatic rings. The van der Waals surface area contributed by atoms with Crippen LogP contribution in [0.1, 0.15) is 11.7 Å². The van der Waals surface area contributed by atoms with E-state index in [-0.39, 0.29) is 13.0 Å². The first kappa shape index (κ1) is 13.8. The number of hydrogen-bond acceptors (Lipinski definition) is 6. The molecule has 1 N–H and O–H groups in total. The Kier molecular flexibility index (Phi) is 3.87. The van der Waals surface area contributed by atoms with Crippen molar-refractivity contribution in [2.45, 2.75) is 13.3 Å². The van der Waals surface area contributed by atoms with E-state index in [1.165, 1.54) is 0 Å². The largest absolute Gasteiger partial charge is 0.377 e. The molecule has 1 aromatic heterocycles. The molecule has 1 aromatic carbocycles. The summed E-state index contributed by atoms with van der Waals surface area (Å²) in [6, 6.07) is 1.61. The molecule has 0 radical (unpaired) electrons. The van der Waals surface area contributed by atoms with Crippen LogP contribution in [0.4, 0.5) is 20.2 Å². The molecule has 1 heterocycles. The third kappa shape index (κ3) is 2.87. The molecule has 0 unspecified atom stereocenters. The molecule has 0 atom stereocenters. The van der Waals surface area contributed by atoms with Crippen molar-refractivity contribution in [1.29, 1.82) is 0 Å². The molecule has 2 aromatic rings. The fourth-order valence-electron chi connectivity index (χ4n) is 1.60. The molecule has 0 aliphatic heterocycles. The number of aromatic nitrogens is 2. The summed E-state index contributed by atoms with van der Waals surface area (Å²) in [6.07, 6.45) is 0.254. The van der Waals surface area contributed by atoms with Gasteiger partial charge in [-0.3, -0.25) is 10.1 Å². The number of nitro groups is 1. The normalized spacial score (nSPS) is 10.6. The molecule has 0 aliphatic carbocycles. The van der Waals surface area contributed by atoms with Crippen LogP contribution >= 0.6 is 0 Å². The van der Waals surface area contributed by atoms with Crippen molar-refractivity contribution in [3.8, 4) is 0 Å². The molecule has 20 heavy (non-hydrogen) atoms. The van der Waals surface area contributed by atoms with Crippen molar-refractivity contribution in [2.24, 2.45) is 0 Å². The van der Waals surface area contributed by atoms with Crippen molar-refractivity contribution < 1.29 is 18.2 Å². The number of hydrogen-bond donors (Lipinski definition) is 1. The van der Waals surface area contributed by atoms with Gasteiger partial charge in [0.05, 0.1) is 4.92 Å². The van der Waals surface area contributed by atoms with Crippen LogP contribution in [0.2, 0.25) is 0 Å². The van der Waals surface area contributed by atoms with Gasteiger partial charge in [0.25, 0.3) is 5.69 Å². The highest BCUT2D eigenvalue weighted by atomic mass is 19.2. The van der Waals surface area contributed by atoms with Gasteiger partial charge in [-0.1, -0.05) is 5.16 Å². The molecule has 9 heteroatoms. The van der Waals surface area contributed by atoms with Crippen LogP contribution in [0, 0.1) is 28.7 Å². The van der Waals surface area contributed by atoms with Gasteiger partial charge in [0.2, 0.25) is 5.89 Å². The van der Waals surface area contributed by atoms with Gasteiger partial charge in [-0.05, 0) is 6.07 Å². The quantitative estimate of drug-likeness (QED) is 0.668. The maximum atomic E-state index is 13.6. The van der Waals surface area contributed by atoms with Gasteiger partial charge >= 0.3 is 0 Å². The minimum atomic E-state index is -1.29. The fourth-order valence-corrected chi connectivity index (χ4v) is 1.60. The first-order chi connectivity index (χ1) is 9.49. The van der Waals surface area contributed by atoms with Gasteiger partial charge in [0, 0.05) is 26.0 Å². The van der Waals surface area contributed by atoms with E-state index in [4.69, 9.17) is 4.52 Å². The van der Waals surface area contributed by atoms with Crippen molar-refractivity contribution in [1.82, 2.24) is 10.1 Å². The monoisotopic (exact) mass is 284 g/mol. The molecule has 2 rings (SSSR count). The summed E-state index contributed by atoms with van der Waals surface area (Å²) in [5.41, 5.74) is -1.02. The Balaban J connectivity index is 2.12. The lowest BCUT2D eigenvalue weighted by atomic mass is 10.2. The van der Waals surface area contributed by atoms with Crippen molar-refractivity contribution in [2.75, 3.05) is 11.9 Å². The molecular formula is C11H10F2N4O3. The van der Waals surface area contributed by atoms with Crippen LogP contribution in [-0.2, 0) is 6.42 Å². The minimum Gasteiger partial charge on any atom is -0.377 e. The number of aryl methyl sites for hydroxylation is 1. The average Bonchev–Trinajstić information content (AvgIpc) is 2.80. The van der Waals surface area contributed by atoms with E-state index >= 15 is 0 Å². The smallest absolute Gasteiger partial charge is 0.295 e. The molecule has 0 saturated heterocycles. The van der Waals surface area contributed by atoms with Crippen molar-refractivity contribution >= 4 is 11.4 Å². The van der Waals surface area contributed by atoms with E-state index in [0.717, 1.165) is 6.07 Å². The summed E-state index contributed by atoms with van der Waals surface area (Å²) < 4.78 is 31.4. The second-order valence-corrected chi connectivity index (χ2v) is 3.92. The highest BCUT2D eigenvalue weighted by Crippen LogP contribution is 2.28. The molecule has 7 nitrogen and oxygen atoms in total. The number of anilines is 1. The molecule has 0 amide bonds. The SMILES string of the molecule is Cc1nc(CCNc2c([N+](=O)[O-])ccc(F)c2F)no1. The third-order valence-corrected chi connectivity index (χ3v) is 2.49. The lowest BCUT2D eigenvalue weighted by molar-refractivity contribution is -0.384. The van der Waals surface area contributed by atoms with E-state index in [1.807, 2.05) is 0 Å². The first-order valence-electron chi connectivity index (χ1n) is 5.64. The molecule has 106 valence electrons. The van der Waals surface area contributed by atoms with Gasteiger partial charge in [-0.25, -0.2) is 8.78 Å². The summed E-state index contributed by atoms with van der Waals surface area (Å²) in [6.45, 7) is 1.71. The average molecular weight is 284 g/mol. The molecule has 0 saturated carbocycles. The van der Waals surface area contributed by atoms with Crippen LogP contribution in [0.15, 0.2) is 16.7 Å². The standard InChI is InChI=1S/C11H10F2N4O3/c1-6-15-9(16-20-6)4-5-14-11-8(17(18)19)3-2-7(12)10(11)13/h2-3,14H,4-5H2,1H3. The lowest BCUT2D eigenvalue weighted by Crippen LogP contribution is -2.10. The summed E-state index contributed by atoms with van der Waals surface area (Å²) in [4.78, 5) is 13.9. The number of nitro benzene ring substituents is 1. The predicted molar refractivity (Wildman–Crippen MR) is 64.2 cm³/mol. The van der Waals surface area contributed by atoms with Crippen LogP contribution in [0.25, 0.3) is 0 Å². The van der Waals surface area contributed by atoms with Gasteiger partial charge in [-0.2, -0.15) is 4.98 Å². The van der Waals surface area contributed by atoms with E-state index in [9.17, 15) is 18.9 Å². The van der Waals surface area contributed by atoms with Crippen molar-refractivity contribution in [3.05, 3.63) is 45.6 Å². The van der Waals surface area contributed by atoms with Gasteiger partial charge in [0.1, 0.15) is 0 Å². The Morgan fingerprint density at radius 1 is 1.45 bits per heavy atom. The van der Waals surface area contributed by atoms with Gasteiger partial charge < -0.3 is 9.84 Å². The highest BCUT2D eigenvalue weighted by molar-refractivity contribution is 5.62. The maximum absolute atomic E-state index is 13.6. The third-order valence-electron chi connectivity index (χ3n) is 2.49. The van der Waals surface area contributed by atoms with E-state index in [2.05, 4.69) is 15.5 Å². The Morgan fingerprint density at radius 2 is 2.20 bits per heavy atom. The lowest BCUT2D eigenvalue weighted by Gasteiger charge is -2.07. The number of rotatable bonds is 5. The number of nitrogens with one attached hydrogen (secondary N) is 1. The van der Waals surface area contributed by atoms with E-state index in [0.29, 0.717) is 17.8 Å². The Labute approximate surface area is 111 Å². The maximum Gasteiger partial charge on any atom is 0.295 e. The fraction of sp³-hybridized carbons (Fsp3) is 0.273. The number of halogens is 2. The highest BCUT2D eigenvalue weighted by Gasteiger charge is 2.21.